The van der Waals surface area contributed by atoms with Crippen molar-refractivity contribution >= 4 is 11.9 Å². The Morgan fingerprint density at radius 2 is 2.14 bits per heavy atom. The Morgan fingerprint density at radius 3 is 2.73 bits per heavy atom. The van der Waals surface area contributed by atoms with Crippen molar-refractivity contribution in [3.05, 3.63) is 18.0 Å². The fourth-order valence-electron chi connectivity index (χ4n) is 2.62. The highest BCUT2D eigenvalue weighted by atomic mass is 16.6. The van der Waals surface area contributed by atoms with Gasteiger partial charge >= 0.3 is 6.09 Å². The van der Waals surface area contributed by atoms with Crippen LogP contribution in [0, 0.1) is 5.92 Å². The Balaban J connectivity index is 1.81. The maximum atomic E-state index is 12.3. The Labute approximate surface area is 131 Å². The highest BCUT2D eigenvalue weighted by molar-refractivity contribution is 5.82. The van der Waals surface area contributed by atoms with Gasteiger partial charge in [0.05, 0.1) is 0 Å². The minimum atomic E-state index is -0.501. The van der Waals surface area contributed by atoms with E-state index in [0.717, 1.165) is 12.1 Å². The van der Waals surface area contributed by atoms with E-state index in [-0.39, 0.29) is 17.8 Å². The lowest BCUT2D eigenvalue weighted by atomic mass is 9.99. The summed E-state index contributed by atoms with van der Waals surface area (Å²) in [4.78, 5) is 25.9. The van der Waals surface area contributed by atoms with E-state index in [2.05, 4.69) is 5.10 Å². The first-order valence-electron chi connectivity index (χ1n) is 7.74. The molecule has 0 bridgehead atoms. The molecule has 1 aromatic rings. The van der Waals surface area contributed by atoms with Gasteiger partial charge in [-0.15, -0.1) is 0 Å². The van der Waals surface area contributed by atoms with Crippen LogP contribution >= 0.6 is 0 Å². The summed E-state index contributed by atoms with van der Waals surface area (Å²) < 4.78 is 7.14. The molecule has 1 amide bonds. The van der Waals surface area contributed by atoms with E-state index in [1.54, 1.807) is 15.8 Å². The molecule has 0 saturated carbocycles. The first-order chi connectivity index (χ1) is 10.3. The SMILES string of the molecule is Cn1nccc1CCC(=O)C1CCN(C(=O)OC(C)(C)C)C1. The summed E-state index contributed by atoms with van der Waals surface area (Å²) in [5.41, 5.74) is 0.550. The Morgan fingerprint density at radius 1 is 1.41 bits per heavy atom. The molecule has 1 unspecified atom stereocenters. The van der Waals surface area contributed by atoms with Crippen molar-refractivity contribution in [2.75, 3.05) is 13.1 Å². The molecule has 1 aromatic heterocycles. The van der Waals surface area contributed by atoms with Crippen molar-refractivity contribution in [1.29, 1.82) is 0 Å². The first-order valence-corrected chi connectivity index (χ1v) is 7.74. The molecule has 1 atom stereocenters. The number of Topliss-reactive ketones (excluding diaryl/α,β-unsaturated/α-hetero) is 1. The summed E-state index contributed by atoms with van der Waals surface area (Å²) in [6, 6.07) is 1.93. The minimum absolute atomic E-state index is 0.0688. The predicted octanol–water partition coefficient (Wildman–Crippen LogP) is 2.18. The van der Waals surface area contributed by atoms with Gasteiger partial charge in [0, 0.05) is 44.4 Å². The van der Waals surface area contributed by atoms with Gasteiger partial charge < -0.3 is 9.64 Å². The number of aryl methyl sites for hydroxylation is 2. The number of carbonyl (C=O) groups excluding carboxylic acids is 2. The molecule has 22 heavy (non-hydrogen) atoms. The molecule has 0 spiro atoms. The van der Waals surface area contributed by atoms with E-state index >= 15 is 0 Å². The molecule has 2 heterocycles. The molecule has 6 heteroatoms. The minimum Gasteiger partial charge on any atom is -0.444 e. The average Bonchev–Trinajstić information content (AvgIpc) is 3.03. The van der Waals surface area contributed by atoms with Gasteiger partial charge in [0.1, 0.15) is 11.4 Å². The highest BCUT2D eigenvalue weighted by Crippen LogP contribution is 2.21. The van der Waals surface area contributed by atoms with Crippen molar-refractivity contribution in [3.63, 3.8) is 0 Å². The van der Waals surface area contributed by atoms with E-state index in [1.807, 2.05) is 33.9 Å². The van der Waals surface area contributed by atoms with Crippen molar-refractivity contribution in [2.24, 2.45) is 13.0 Å². The second kappa shape index (κ2) is 6.50. The summed E-state index contributed by atoms with van der Waals surface area (Å²) in [7, 11) is 1.87. The van der Waals surface area contributed by atoms with Gasteiger partial charge in [-0.1, -0.05) is 0 Å². The normalized spacial score (nSPS) is 18.5. The van der Waals surface area contributed by atoms with Crippen molar-refractivity contribution in [3.8, 4) is 0 Å². The number of ketones is 1. The van der Waals surface area contributed by atoms with Crippen LogP contribution in [-0.4, -0.2) is 45.2 Å². The maximum Gasteiger partial charge on any atom is 0.410 e. The molecule has 1 aliphatic rings. The van der Waals surface area contributed by atoms with E-state index in [4.69, 9.17) is 4.74 Å². The molecule has 1 saturated heterocycles. The van der Waals surface area contributed by atoms with Gasteiger partial charge in [0.2, 0.25) is 0 Å². The third-order valence-corrected chi connectivity index (χ3v) is 3.85. The van der Waals surface area contributed by atoms with Gasteiger partial charge in [0.15, 0.2) is 0 Å². The van der Waals surface area contributed by atoms with Crippen LogP contribution in [0.5, 0.6) is 0 Å². The Kier molecular flexibility index (Phi) is 4.88. The lowest BCUT2D eigenvalue weighted by molar-refractivity contribution is -0.122. The van der Waals surface area contributed by atoms with Gasteiger partial charge in [-0.3, -0.25) is 9.48 Å². The second-order valence-corrected chi connectivity index (χ2v) is 6.82. The lowest BCUT2D eigenvalue weighted by Crippen LogP contribution is -2.35. The van der Waals surface area contributed by atoms with E-state index in [9.17, 15) is 9.59 Å². The van der Waals surface area contributed by atoms with Crippen molar-refractivity contribution < 1.29 is 14.3 Å². The fraction of sp³-hybridized carbons (Fsp3) is 0.688. The second-order valence-electron chi connectivity index (χ2n) is 6.82. The summed E-state index contributed by atoms with van der Waals surface area (Å²) in [5, 5.41) is 4.10. The van der Waals surface area contributed by atoms with E-state index in [0.29, 0.717) is 25.9 Å². The summed E-state index contributed by atoms with van der Waals surface area (Å²) in [6.07, 6.45) is 3.32. The molecule has 0 aromatic carbocycles. The molecule has 0 aliphatic carbocycles. The summed E-state index contributed by atoms with van der Waals surface area (Å²) >= 11 is 0. The van der Waals surface area contributed by atoms with Crippen LogP contribution in [0.3, 0.4) is 0 Å². The monoisotopic (exact) mass is 307 g/mol. The number of carbonyl (C=O) groups is 2. The van der Waals surface area contributed by atoms with Crippen molar-refractivity contribution in [2.45, 2.75) is 45.6 Å². The van der Waals surface area contributed by atoms with Crippen LogP contribution in [0.25, 0.3) is 0 Å². The van der Waals surface area contributed by atoms with Crippen LogP contribution in [0.1, 0.15) is 39.3 Å². The third kappa shape index (κ3) is 4.32. The number of nitrogens with zero attached hydrogens (tertiary/aromatic N) is 3. The average molecular weight is 307 g/mol. The lowest BCUT2D eigenvalue weighted by Gasteiger charge is -2.24. The number of hydrogen-bond acceptors (Lipinski definition) is 4. The van der Waals surface area contributed by atoms with Crippen LogP contribution in [0.15, 0.2) is 12.3 Å². The highest BCUT2D eigenvalue weighted by Gasteiger charge is 2.32. The molecule has 6 nitrogen and oxygen atoms in total. The van der Waals surface area contributed by atoms with Gasteiger partial charge in [0.25, 0.3) is 0 Å². The number of aromatic nitrogens is 2. The Hall–Kier alpha value is -1.85. The summed E-state index contributed by atoms with van der Waals surface area (Å²) in [6.45, 7) is 6.60. The number of amides is 1. The van der Waals surface area contributed by atoms with Gasteiger partial charge in [-0.05, 0) is 39.7 Å². The number of ether oxygens (including phenoxy) is 1. The zero-order chi connectivity index (χ0) is 16.3. The molecule has 122 valence electrons. The zero-order valence-electron chi connectivity index (χ0n) is 13.8. The van der Waals surface area contributed by atoms with Crippen LogP contribution in [0.2, 0.25) is 0 Å². The molecular formula is C16H25N3O3. The van der Waals surface area contributed by atoms with Crippen LogP contribution in [-0.2, 0) is 23.0 Å². The third-order valence-electron chi connectivity index (χ3n) is 3.85. The zero-order valence-corrected chi connectivity index (χ0v) is 13.8. The predicted molar refractivity (Wildman–Crippen MR) is 82.5 cm³/mol. The molecule has 1 aliphatic heterocycles. The molecule has 1 fully saturated rings. The maximum absolute atomic E-state index is 12.3. The van der Waals surface area contributed by atoms with Crippen molar-refractivity contribution in [1.82, 2.24) is 14.7 Å². The molecule has 0 radical (unpaired) electrons. The standard InChI is InChI=1S/C16H25N3O3/c1-16(2,3)22-15(21)19-10-8-12(11-19)14(20)6-5-13-7-9-17-18(13)4/h7,9,12H,5-6,8,10-11H2,1-4H3. The van der Waals surface area contributed by atoms with Crippen LogP contribution < -0.4 is 0 Å². The molecular weight excluding hydrogens is 282 g/mol. The van der Waals surface area contributed by atoms with E-state index in [1.165, 1.54) is 0 Å². The first kappa shape index (κ1) is 16.5. The number of likely N-dealkylation sites (tertiary alicyclic amines) is 1. The molecule has 0 N–H and O–H groups in total. The number of rotatable bonds is 4. The van der Waals surface area contributed by atoms with Gasteiger partial charge in [-0.2, -0.15) is 5.10 Å². The summed E-state index contributed by atoms with van der Waals surface area (Å²) in [5.74, 6) is 0.146. The fourth-order valence-corrected chi connectivity index (χ4v) is 2.62. The van der Waals surface area contributed by atoms with E-state index < -0.39 is 5.60 Å². The van der Waals surface area contributed by atoms with Crippen LogP contribution in [0.4, 0.5) is 4.79 Å². The smallest absolute Gasteiger partial charge is 0.410 e. The number of hydrogen-bond donors (Lipinski definition) is 0. The van der Waals surface area contributed by atoms with Gasteiger partial charge in [-0.25, -0.2) is 4.79 Å². The Bertz CT molecular complexity index is 545. The topological polar surface area (TPSA) is 64.4 Å². The quantitative estimate of drug-likeness (QED) is 0.855. The molecule has 2 rings (SSSR count). The largest absolute Gasteiger partial charge is 0.444 e.